The van der Waals surface area contributed by atoms with Gasteiger partial charge < -0.3 is 23.4 Å². The molecule has 4 saturated carbocycles. The lowest BCUT2D eigenvalue weighted by Gasteiger charge is -2.70. The predicted molar refractivity (Wildman–Crippen MR) is 191 cm³/mol. The third kappa shape index (κ3) is 5.49. The summed E-state index contributed by atoms with van der Waals surface area (Å²) in [6, 6.07) is -0.441. The van der Waals surface area contributed by atoms with Crippen LogP contribution in [0, 0.1) is 57.2 Å². The van der Waals surface area contributed by atoms with Gasteiger partial charge in [0, 0.05) is 18.5 Å². The Morgan fingerprint density at radius 3 is 2.31 bits per heavy atom. The Labute approximate surface area is 306 Å². The van der Waals surface area contributed by atoms with Crippen LogP contribution < -0.4 is 5.82 Å². The molecule has 0 aliphatic heterocycles. The van der Waals surface area contributed by atoms with Crippen LogP contribution in [0.1, 0.15) is 111 Å². The van der Waals surface area contributed by atoms with Crippen molar-refractivity contribution in [3.63, 3.8) is 0 Å². The molecule has 6 rings (SSSR count). The summed E-state index contributed by atoms with van der Waals surface area (Å²) in [5.41, 5.74) is -2.32. The van der Waals surface area contributed by atoms with E-state index in [1.54, 1.807) is 13.0 Å². The standard InChI is InChI=1S/C41H57NO10/c1-10-19-42(22-31(44)49-9)30-12-13-38(5)29(41(30,8)34(47)50-23-28-24(2)51-35(48)52-28)11-14-40(7)32(38)27(43)20-25-26-21-37(4,33(45)46)16-15-36(26,3)17-18-39(25,40)6/h10,20,26,29-30,32H,1,11-19,21-23H2,2-9H3,(H,45,46)/t26-,29+,30-,32+,36+,37-,38-,39+,40+,41-/m0/s1. The second kappa shape index (κ2) is 12.8. The molecule has 10 atom stereocenters. The number of methoxy groups -OCH3 is 1. The molecule has 1 aromatic heterocycles. The number of hydrogen-bond donors (Lipinski definition) is 1. The first kappa shape index (κ1) is 38.3. The molecule has 0 spiro atoms. The van der Waals surface area contributed by atoms with E-state index in [-0.39, 0.29) is 59.0 Å². The quantitative estimate of drug-likeness (QED) is 0.215. The van der Waals surface area contributed by atoms with Gasteiger partial charge in [0.15, 0.2) is 23.9 Å². The maximum Gasteiger partial charge on any atom is 0.519 e. The fourth-order valence-electron chi connectivity index (χ4n) is 12.4. The number of carboxylic acid groups (broad SMARTS) is 1. The first-order valence-electron chi connectivity index (χ1n) is 18.9. The number of aliphatic carboxylic acids is 1. The number of allylic oxidation sites excluding steroid dienone is 2. The van der Waals surface area contributed by atoms with Crippen molar-refractivity contribution in [2.45, 2.75) is 119 Å². The van der Waals surface area contributed by atoms with E-state index in [9.17, 15) is 29.1 Å². The molecule has 0 amide bonds. The third-order valence-electron chi connectivity index (χ3n) is 15.7. The highest BCUT2D eigenvalue weighted by Gasteiger charge is 2.72. The summed E-state index contributed by atoms with van der Waals surface area (Å²) in [4.78, 5) is 68.6. The lowest BCUT2D eigenvalue weighted by atomic mass is 9.33. The van der Waals surface area contributed by atoms with Crippen LogP contribution in [0.3, 0.4) is 0 Å². The molecule has 0 bridgehead atoms. The fourth-order valence-corrected chi connectivity index (χ4v) is 12.4. The van der Waals surface area contributed by atoms with Crippen molar-refractivity contribution in [3.05, 3.63) is 46.4 Å². The van der Waals surface area contributed by atoms with Gasteiger partial charge in [0.2, 0.25) is 0 Å². The number of esters is 2. The summed E-state index contributed by atoms with van der Waals surface area (Å²) in [7, 11) is 1.34. The van der Waals surface area contributed by atoms with Crippen molar-refractivity contribution in [2.24, 2.45) is 50.2 Å². The lowest BCUT2D eigenvalue weighted by molar-refractivity contribution is -0.212. The number of carbonyl (C=O) groups excluding carboxylic acids is 3. The van der Waals surface area contributed by atoms with E-state index in [1.807, 2.05) is 24.8 Å². The Bertz CT molecular complexity index is 1760. The Balaban J connectivity index is 1.43. The van der Waals surface area contributed by atoms with E-state index >= 15 is 0 Å². The SMILES string of the molecule is C=CCN(CC(=O)OC)[C@H]1CC[C@@]2(C)[C@@H](CC[C@]3(C)[C@@H]2C(=O)C=C2[C@@H]4C[C@@](C)(C(=O)O)CC[C@]4(C)CC[C@]23C)[C@]1(C)C(=O)OCc1oc(=O)oc1C. The number of carbonyl (C=O) groups is 4. The highest BCUT2D eigenvalue weighted by atomic mass is 16.6. The van der Waals surface area contributed by atoms with Gasteiger partial charge in [-0.3, -0.25) is 24.1 Å². The summed E-state index contributed by atoms with van der Waals surface area (Å²) in [5, 5.41) is 10.3. The fraction of sp³-hybridized carbons (Fsp3) is 0.732. The van der Waals surface area contributed by atoms with E-state index in [4.69, 9.17) is 18.3 Å². The van der Waals surface area contributed by atoms with Crippen molar-refractivity contribution in [1.29, 1.82) is 0 Å². The Morgan fingerprint density at radius 1 is 1.00 bits per heavy atom. The minimum Gasteiger partial charge on any atom is -0.481 e. The van der Waals surface area contributed by atoms with Crippen LogP contribution in [0.4, 0.5) is 0 Å². The largest absolute Gasteiger partial charge is 0.519 e. The molecule has 0 unspecified atom stereocenters. The zero-order chi connectivity index (χ0) is 38.2. The van der Waals surface area contributed by atoms with Gasteiger partial charge in [-0.25, -0.2) is 4.79 Å². The maximum atomic E-state index is 15.0. The van der Waals surface area contributed by atoms with E-state index in [0.717, 1.165) is 24.8 Å². The molecule has 5 aliphatic carbocycles. The molecule has 4 fully saturated rings. The topological polar surface area (TPSA) is 154 Å². The molecule has 0 aromatic carbocycles. The van der Waals surface area contributed by atoms with E-state index in [1.165, 1.54) is 7.11 Å². The Morgan fingerprint density at radius 2 is 1.69 bits per heavy atom. The van der Waals surface area contributed by atoms with Crippen LogP contribution in [-0.4, -0.2) is 59.9 Å². The van der Waals surface area contributed by atoms with Crippen molar-refractivity contribution in [3.8, 4) is 0 Å². The zero-order valence-electron chi connectivity index (χ0n) is 32.2. The number of hydrogen-bond acceptors (Lipinski definition) is 10. The van der Waals surface area contributed by atoms with Gasteiger partial charge in [0.1, 0.15) is 0 Å². The minimum absolute atomic E-state index is 0.00143. The van der Waals surface area contributed by atoms with Crippen molar-refractivity contribution in [1.82, 2.24) is 4.90 Å². The van der Waals surface area contributed by atoms with Gasteiger partial charge in [-0.05, 0) is 118 Å². The van der Waals surface area contributed by atoms with Gasteiger partial charge >= 0.3 is 23.7 Å². The van der Waals surface area contributed by atoms with Crippen molar-refractivity contribution >= 4 is 23.7 Å². The maximum absolute atomic E-state index is 15.0. The number of ether oxygens (including phenoxy) is 2. The Hall–Kier alpha value is -3.47. The monoisotopic (exact) mass is 723 g/mol. The molecule has 5 aliphatic rings. The van der Waals surface area contributed by atoms with Crippen LogP contribution in [0.2, 0.25) is 0 Å². The van der Waals surface area contributed by atoms with Crippen LogP contribution in [0.5, 0.6) is 0 Å². The predicted octanol–water partition coefficient (Wildman–Crippen LogP) is 6.66. The van der Waals surface area contributed by atoms with E-state index in [0.29, 0.717) is 45.1 Å². The molecule has 1 heterocycles. The second-order valence-corrected chi connectivity index (χ2v) is 18.2. The molecule has 11 heteroatoms. The summed E-state index contributed by atoms with van der Waals surface area (Å²) >= 11 is 0. The molecule has 52 heavy (non-hydrogen) atoms. The van der Waals surface area contributed by atoms with Gasteiger partial charge in [-0.2, -0.15) is 0 Å². The summed E-state index contributed by atoms with van der Waals surface area (Å²) in [5.74, 6) is -2.83. The first-order chi connectivity index (χ1) is 24.2. The average molecular weight is 724 g/mol. The van der Waals surface area contributed by atoms with Crippen LogP contribution >= 0.6 is 0 Å². The molecule has 1 aromatic rings. The Kier molecular flexibility index (Phi) is 9.45. The summed E-state index contributed by atoms with van der Waals surface area (Å²) in [6.07, 6.45) is 9.99. The summed E-state index contributed by atoms with van der Waals surface area (Å²) < 4.78 is 21.2. The molecular weight excluding hydrogens is 666 g/mol. The lowest BCUT2D eigenvalue weighted by Crippen LogP contribution is -2.69. The third-order valence-corrected chi connectivity index (χ3v) is 15.7. The first-order valence-corrected chi connectivity index (χ1v) is 18.9. The molecule has 0 saturated heterocycles. The van der Waals surface area contributed by atoms with Crippen LogP contribution in [0.25, 0.3) is 0 Å². The van der Waals surface area contributed by atoms with Crippen molar-refractivity contribution < 1.29 is 42.6 Å². The normalized spacial score (nSPS) is 41.1. The minimum atomic E-state index is -1.17. The van der Waals surface area contributed by atoms with Crippen LogP contribution in [0.15, 0.2) is 37.9 Å². The average Bonchev–Trinajstić information content (AvgIpc) is 3.40. The van der Waals surface area contributed by atoms with Gasteiger partial charge in [-0.15, -0.1) is 6.58 Å². The smallest absolute Gasteiger partial charge is 0.481 e. The molecular formula is C41H57NO10. The second-order valence-electron chi connectivity index (χ2n) is 18.2. The van der Waals surface area contributed by atoms with Crippen LogP contribution in [-0.2, 0) is 35.3 Å². The highest BCUT2D eigenvalue weighted by molar-refractivity contribution is 5.96. The van der Waals surface area contributed by atoms with E-state index < -0.39 is 51.4 Å². The highest BCUT2D eigenvalue weighted by Crippen LogP contribution is 2.75. The molecule has 286 valence electrons. The van der Waals surface area contributed by atoms with Gasteiger partial charge in [0.05, 0.1) is 24.5 Å². The molecule has 11 nitrogen and oxygen atoms in total. The zero-order valence-corrected chi connectivity index (χ0v) is 32.2. The number of carboxylic acids is 1. The number of aryl methyl sites for hydroxylation is 1. The van der Waals surface area contributed by atoms with E-state index in [2.05, 4.69) is 34.3 Å². The number of nitrogens with zero attached hydrogens (tertiary/aromatic N) is 1. The molecule has 1 N–H and O–H groups in total. The number of ketones is 1. The molecule has 0 radical (unpaired) electrons. The van der Waals surface area contributed by atoms with Gasteiger partial charge in [0.25, 0.3) is 0 Å². The summed E-state index contributed by atoms with van der Waals surface area (Å²) in [6.45, 7) is 18.3. The van der Waals surface area contributed by atoms with Crippen molar-refractivity contribution in [2.75, 3.05) is 20.2 Å². The number of fused-ring (bicyclic) bond motifs is 7. The van der Waals surface area contributed by atoms with Gasteiger partial charge in [-0.1, -0.05) is 39.3 Å². The number of rotatable bonds is 9.